The average Bonchev–Trinajstić information content (AvgIpc) is 2.63. The van der Waals surface area contributed by atoms with Crippen molar-refractivity contribution in [2.45, 2.75) is 57.4 Å². The molecule has 0 amide bonds. The molecule has 0 bridgehead atoms. The zero-order valence-electron chi connectivity index (χ0n) is 8.80. The van der Waals surface area contributed by atoms with Crippen LogP contribution in [-0.2, 0) is 4.79 Å². The van der Waals surface area contributed by atoms with Crippen LogP contribution in [0.4, 0.5) is 0 Å². The van der Waals surface area contributed by atoms with Crippen LogP contribution in [-0.4, -0.2) is 23.7 Å². The van der Waals surface area contributed by atoms with Crippen LogP contribution in [0.15, 0.2) is 0 Å². The fraction of sp³-hybridized carbons (Fsp3) is 0.909. The van der Waals surface area contributed by atoms with Gasteiger partial charge in [0.05, 0.1) is 0 Å². The number of nitrogens with one attached hydrogen (secondary N) is 1. The molecular formula is C11H21NO2. The monoisotopic (exact) mass is 199 g/mol. The number of hydrogen-bond donors (Lipinski definition) is 2. The molecule has 14 heavy (non-hydrogen) atoms. The summed E-state index contributed by atoms with van der Waals surface area (Å²) < 4.78 is 0. The Morgan fingerprint density at radius 2 is 1.93 bits per heavy atom. The van der Waals surface area contributed by atoms with E-state index in [1.165, 1.54) is 25.7 Å². The number of rotatable bonds is 7. The van der Waals surface area contributed by atoms with Crippen molar-refractivity contribution in [3.8, 4) is 0 Å². The van der Waals surface area contributed by atoms with Gasteiger partial charge in [0.15, 0.2) is 0 Å². The number of unbranched alkanes of at least 4 members (excludes halogenated alkanes) is 2. The quantitative estimate of drug-likeness (QED) is 0.618. The van der Waals surface area contributed by atoms with Gasteiger partial charge in [-0.3, -0.25) is 4.79 Å². The Balaban J connectivity index is 1.82. The summed E-state index contributed by atoms with van der Waals surface area (Å²) >= 11 is 0. The topological polar surface area (TPSA) is 49.3 Å². The highest BCUT2D eigenvalue weighted by molar-refractivity contribution is 5.66. The molecular weight excluding hydrogens is 178 g/mol. The summed E-state index contributed by atoms with van der Waals surface area (Å²) in [5.41, 5.74) is 0. The van der Waals surface area contributed by atoms with Gasteiger partial charge in [0, 0.05) is 12.5 Å². The maximum atomic E-state index is 10.2. The Labute approximate surface area is 85.9 Å². The fourth-order valence-corrected chi connectivity index (χ4v) is 2.01. The zero-order valence-corrected chi connectivity index (χ0v) is 8.80. The molecule has 0 aromatic heterocycles. The van der Waals surface area contributed by atoms with Crippen LogP contribution in [0.25, 0.3) is 0 Å². The Bertz CT molecular complexity index is 165. The van der Waals surface area contributed by atoms with E-state index in [2.05, 4.69) is 5.32 Å². The van der Waals surface area contributed by atoms with E-state index in [9.17, 15) is 4.79 Å². The van der Waals surface area contributed by atoms with E-state index in [1.54, 1.807) is 0 Å². The lowest BCUT2D eigenvalue weighted by Gasteiger charge is -2.10. The van der Waals surface area contributed by atoms with Gasteiger partial charge in [-0.25, -0.2) is 0 Å². The first-order valence-corrected chi connectivity index (χ1v) is 5.74. The minimum Gasteiger partial charge on any atom is -0.481 e. The maximum Gasteiger partial charge on any atom is 0.303 e. The Morgan fingerprint density at radius 3 is 2.57 bits per heavy atom. The summed E-state index contributed by atoms with van der Waals surface area (Å²) in [6.45, 7) is 1.06. The number of carboxylic acids is 1. The third-order valence-corrected chi connectivity index (χ3v) is 2.86. The minimum absolute atomic E-state index is 0.323. The molecule has 1 aliphatic carbocycles. The lowest BCUT2D eigenvalue weighted by molar-refractivity contribution is -0.137. The normalized spacial score (nSPS) is 17.4. The molecule has 2 N–H and O–H groups in total. The second-order valence-corrected chi connectivity index (χ2v) is 4.14. The molecule has 1 aliphatic rings. The summed E-state index contributed by atoms with van der Waals surface area (Å²) in [4.78, 5) is 10.2. The first-order valence-electron chi connectivity index (χ1n) is 5.74. The van der Waals surface area contributed by atoms with Crippen molar-refractivity contribution >= 4 is 5.97 Å². The van der Waals surface area contributed by atoms with Crippen LogP contribution < -0.4 is 5.32 Å². The number of hydrogen-bond acceptors (Lipinski definition) is 2. The van der Waals surface area contributed by atoms with Crippen molar-refractivity contribution < 1.29 is 9.90 Å². The number of carboxylic acid groups (broad SMARTS) is 1. The Kier molecular flexibility index (Phi) is 5.60. The highest BCUT2D eigenvalue weighted by Gasteiger charge is 2.12. The van der Waals surface area contributed by atoms with Gasteiger partial charge < -0.3 is 10.4 Å². The molecule has 3 nitrogen and oxygen atoms in total. The molecule has 1 fully saturated rings. The molecule has 3 heteroatoms. The van der Waals surface area contributed by atoms with Crippen molar-refractivity contribution in [2.75, 3.05) is 6.54 Å². The largest absolute Gasteiger partial charge is 0.481 e. The van der Waals surface area contributed by atoms with Crippen LogP contribution in [0.5, 0.6) is 0 Å². The zero-order chi connectivity index (χ0) is 10.2. The summed E-state index contributed by atoms with van der Waals surface area (Å²) in [7, 11) is 0. The molecule has 0 atom stereocenters. The summed E-state index contributed by atoms with van der Waals surface area (Å²) in [6, 6.07) is 0.745. The van der Waals surface area contributed by atoms with Crippen LogP contribution >= 0.6 is 0 Å². The second-order valence-electron chi connectivity index (χ2n) is 4.14. The molecule has 0 radical (unpaired) electrons. The van der Waals surface area contributed by atoms with Crippen molar-refractivity contribution in [1.29, 1.82) is 0 Å². The molecule has 0 spiro atoms. The lowest BCUT2D eigenvalue weighted by atomic mass is 10.2. The molecule has 0 aromatic carbocycles. The van der Waals surface area contributed by atoms with Gasteiger partial charge in [-0.1, -0.05) is 19.3 Å². The highest BCUT2D eigenvalue weighted by atomic mass is 16.4. The van der Waals surface area contributed by atoms with Crippen LogP contribution in [0.1, 0.15) is 51.4 Å². The van der Waals surface area contributed by atoms with Crippen molar-refractivity contribution in [2.24, 2.45) is 0 Å². The second kappa shape index (κ2) is 6.82. The predicted octanol–water partition coefficient (Wildman–Crippen LogP) is 2.16. The number of carbonyl (C=O) groups is 1. The summed E-state index contributed by atoms with van der Waals surface area (Å²) in [5.74, 6) is -0.672. The maximum absolute atomic E-state index is 10.2. The van der Waals surface area contributed by atoms with Crippen molar-refractivity contribution in [1.82, 2.24) is 5.32 Å². The smallest absolute Gasteiger partial charge is 0.303 e. The van der Waals surface area contributed by atoms with E-state index in [4.69, 9.17) is 5.11 Å². The SMILES string of the molecule is O=C(O)CCCCCNC1CCCC1. The van der Waals surface area contributed by atoms with Gasteiger partial charge in [-0.15, -0.1) is 0 Å². The first-order chi connectivity index (χ1) is 6.79. The third-order valence-electron chi connectivity index (χ3n) is 2.86. The van der Waals surface area contributed by atoms with Crippen LogP contribution in [0, 0.1) is 0 Å². The molecule has 0 unspecified atom stereocenters. The molecule has 0 heterocycles. The van der Waals surface area contributed by atoms with Gasteiger partial charge in [-0.05, 0) is 32.2 Å². The van der Waals surface area contributed by atoms with E-state index >= 15 is 0 Å². The Hall–Kier alpha value is -0.570. The summed E-state index contributed by atoms with van der Waals surface area (Å²) in [6.07, 6.45) is 8.69. The molecule has 82 valence electrons. The van der Waals surface area contributed by atoms with Gasteiger partial charge in [0.2, 0.25) is 0 Å². The number of aliphatic carboxylic acids is 1. The predicted molar refractivity (Wildman–Crippen MR) is 56.4 cm³/mol. The molecule has 0 saturated heterocycles. The molecule has 0 aromatic rings. The van der Waals surface area contributed by atoms with E-state index in [-0.39, 0.29) is 0 Å². The molecule has 1 rings (SSSR count). The van der Waals surface area contributed by atoms with E-state index in [0.29, 0.717) is 6.42 Å². The van der Waals surface area contributed by atoms with E-state index in [0.717, 1.165) is 31.8 Å². The standard InChI is InChI=1S/C11H21NO2/c13-11(14)8-2-1-5-9-12-10-6-3-4-7-10/h10,12H,1-9H2,(H,13,14). The molecule has 1 saturated carbocycles. The minimum atomic E-state index is -0.672. The van der Waals surface area contributed by atoms with Crippen LogP contribution in [0.2, 0.25) is 0 Å². The fourth-order valence-electron chi connectivity index (χ4n) is 2.01. The van der Waals surface area contributed by atoms with Gasteiger partial charge in [0.1, 0.15) is 0 Å². The van der Waals surface area contributed by atoms with Gasteiger partial charge in [-0.2, -0.15) is 0 Å². The Morgan fingerprint density at radius 1 is 1.21 bits per heavy atom. The van der Waals surface area contributed by atoms with Crippen molar-refractivity contribution in [3.63, 3.8) is 0 Å². The van der Waals surface area contributed by atoms with E-state index < -0.39 is 5.97 Å². The third kappa shape index (κ3) is 5.22. The van der Waals surface area contributed by atoms with Gasteiger partial charge in [0.25, 0.3) is 0 Å². The van der Waals surface area contributed by atoms with Gasteiger partial charge >= 0.3 is 5.97 Å². The van der Waals surface area contributed by atoms with Crippen molar-refractivity contribution in [3.05, 3.63) is 0 Å². The summed E-state index contributed by atoms with van der Waals surface area (Å²) in [5, 5.41) is 11.9. The highest BCUT2D eigenvalue weighted by Crippen LogP contribution is 2.17. The van der Waals surface area contributed by atoms with Crippen LogP contribution in [0.3, 0.4) is 0 Å². The average molecular weight is 199 g/mol. The van der Waals surface area contributed by atoms with E-state index in [1.807, 2.05) is 0 Å². The lowest BCUT2D eigenvalue weighted by Crippen LogP contribution is -2.26. The molecule has 0 aliphatic heterocycles. The first kappa shape index (κ1) is 11.5.